The topological polar surface area (TPSA) is 85.0 Å². The van der Waals surface area contributed by atoms with Gasteiger partial charge in [0.15, 0.2) is 5.76 Å². The van der Waals surface area contributed by atoms with Crippen LogP contribution in [0, 0.1) is 5.92 Å². The lowest BCUT2D eigenvalue weighted by molar-refractivity contribution is 0.121. The second kappa shape index (κ2) is 9.58. The van der Waals surface area contributed by atoms with Crippen LogP contribution in [-0.2, 0) is 0 Å². The van der Waals surface area contributed by atoms with E-state index in [9.17, 15) is 5.11 Å². The first-order valence-corrected chi connectivity index (χ1v) is 9.69. The average Bonchev–Trinajstić information content (AvgIpc) is 3.18. The van der Waals surface area contributed by atoms with Gasteiger partial charge < -0.3 is 24.1 Å². The van der Waals surface area contributed by atoms with Crippen LogP contribution < -0.4 is 9.47 Å². The molecule has 2 aromatic carbocycles. The third-order valence-electron chi connectivity index (χ3n) is 4.46. The lowest BCUT2D eigenvalue weighted by atomic mass is 10.1. The Bertz CT molecular complexity index is 900. The summed E-state index contributed by atoms with van der Waals surface area (Å²) >= 11 is 0. The van der Waals surface area contributed by atoms with Gasteiger partial charge in [-0.05, 0) is 60.9 Å². The number of methoxy groups -OCH3 is 1. The molecule has 0 aliphatic rings. The van der Waals surface area contributed by atoms with Gasteiger partial charge in [-0.15, -0.1) is 0 Å². The number of oxazole rings is 1. The predicted octanol–water partition coefficient (Wildman–Crippen LogP) is 4.47. The van der Waals surface area contributed by atoms with Crippen molar-refractivity contribution in [1.29, 1.82) is 0 Å². The van der Waals surface area contributed by atoms with Crippen molar-refractivity contribution in [2.24, 2.45) is 5.92 Å². The van der Waals surface area contributed by atoms with Crippen LogP contribution in [0.1, 0.15) is 32.3 Å². The first-order chi connectivity index (χ1) is 14.0. The summed E-state index contributed by atoms with van der Waals surface area (Å²) in [5.74, 6) is 2.62. The van der Waals surface area contributed by atoms with E-state index in [0.29, 0.717) is 35.4 Å². The molecule has 1 unspecified atom stereocenters. The van der Waals surface area contributed by atoms with Gasteiger partial charge in [0, 0.05) is 11.1 Å². The minimum atomic E-state index is -0.770. The summed E-state index contributed by atoms with van der Waals surface area (Å²) < 4.78 is 16.7. The Morgan fingerprint density at radius 3 is 2.17 bits per heavy atom. The SMILES string of the molecule is COc1ccc(-c2nc(C(O)CC(C)C)oc2-c2ccc(OCCO)cc2)cc1. The van der Waals surface area contributed by atoms with Gasteiger partial charge in [-0.3, -0.25) is 0 Å². The molecule has 0 spiro atoms. The Morgan fingerprint density at radius 1 is 0.966 bits per heavy atom. The third kappa shape index (κ3) is 5.16. The molecular weight excluding hydrogens is 370 g/mol. The minimum absolute atomic E-state index is 0.0391. The summed E-state index contributed by atoms with van der Waals surface area (Å²) in [7, 11) is 1.62. The smallest absolute Gasteiger partial charge is 0.224 e. The molecule has 1 atom stereocenters. The van der Waals surface area contributed by atoms with Crippen LogP contribution in [0.15, 0.2) is 52.9 Å². The van der Waals surface area contributed by atoms with Crippen molar-refractivity contribution in [3.05, 3.63) is 54.4 Å². The maximum atomic E-state index is 10.5. The quantitative estimate of drug-likeness (QED) is 0.554. The Morgan fingerprint density at radius 2 is 1.59 bits per heavy atom. The van der Waals surface area contributed by atoms with Gasteiger partial charge in [-0.25, -0.2) is 4.98 Å². The zero-order valence-corrected chi connectivity index (χ0v) is 17.0. The van der Waals surface area contributed by atoms with E-state index in [1.807, 2.05) is 62.4 Å². The first-order valence-electron chi connectivity index (χ1n) is 9.69. The molecule has 0 aliphatic heterocycles. The molecule has 0 radical (unpaired) electrons. The summed E-state index contributed by atoms with van der Waals surface area (Å²) in [6, 6.07) is 14.9. The highest BCUT2D eigenvalue weighted by Gasteiger charge is 2.22. The van der Waals surface area contributed by atoms with Crippen LogP contribution in [0.3, 0.4) is 0 Å². The molecule has 0 amide bonds. The van der Waals surface area contributed by atoms with E-state index in [0.717, 1.165) is 16.9 Å². The monoisotopic (exact) mass is 397 g/mol. The lowest BCUT2D eigenvalue weighted by Gasteiger charge is -2.08. The molecule has 0 saturated carbocycles. The highest BCUT2D eigenvalue weighted by Crippen LogP contribution is 2.36. The van der Waals surface area contributed by atoms with Crippen molar-refractivity contribution >= 4 is 0 Å². The zero-order valence-electron chi connectivity index (χ0n) is 17.0. The standard InChI is InChI=1S/C23H27NO5/c1-15(2)14-20(26)23-24-21(16-4-8-18(27-3)9-5-16)22(29-23)17-6-10-19(11-7-17)28-13-12-25/h4-11,15,20,25-26H,12-14H2,1-3H3. The van der Waals surface area contributed by atoms with Crippen LogP contribution >= 0.6 is 0 Å². The Hall–Kier alpha value is -2.83. The van der Waals surface area contributed by atoms with Gasteiger partial charge in [0.25, 0.3) is 0 Å². The number of benzene rings is 2. The molecule has 1 heterocycles. The molecule has 0 saturated heterocycles. The second-order valence-electron chi connectivity index (χ2n) is 7.20. The predicted molar refractivity (Wildman–Crippen MR) is 111 cm³/mol. The molecule has 0 aliphatic carbocycles. The maximum absolute atomic E-state index is 10.5. The van der Waals surface area contributed by atoms with Crippen LogP contribution in [0.2, 0.25) is 0 Å². The van der Waals surface area contributed by atoms with Gasteiger partial charge in [0.05, 0.1) is 13.7 Å². The molecule has 0 bridgehead atoms. The fraction of sp³-hybridized carbons (Fsp3) is 0.348. The molecule has 6 heteroatoms. The number of aliphatic hydroxyl groups excluding tert-OH is 2. The normalized spacial score (nSPS) is 12.2. The van der Waals surface area contributed by atoms with Crippen LogP contribution in [0.5, 0.6) is 11.5 Å². The van der Waals surface area contributed by atoms with Gasteiger partial charge in [0.2, 0.25) is 5.89 Å². The molecule has 154 valence electrons. The number of aliphatic hydroxyl groups is 2. The van der Waals surface area contributed by atoms with E-state index in [1.165, 1.54) is 0 Å². The zero-order chi connectivity index (χ0) is 20.8. The first kappa shape index (κ1) is 20.9. The van der Waals surface area contributed by atoms with Crippen molar-refractivity contribution in [2.45, 2.75) is 26.4 Å². The van der Waals surface area contributed by atoms with E-state index in [1.54, 1.807) is 7.11 Å². The Kier molecular flexibility index (Phi) is 6.90. The van der Waals surface area contributed by atoms with Crippen molar-refractivity contribution < 1.29 is 24.1 Å². The van der Waals surface area contributed by atoms with Crippen molar-refractivity contribution in [2.75, 3.05) is 20.3 Å². The van der Waals surface area contributed by atoms with Crippen LogP contribution in [-0.4, -0.2) is 35.5 Å². The largest absolute Gasteiger partial charge is 0.497 e. The van der Waals surface area contributed by atoms with Gasteiger partial charge in [0.1, 0.15) is 29.9 Å². The molecule has 6 nitrogen and oxygen atoms in total. The summed E-state index contributed by atoms with van der Waals surface area (Å²) in [5.41, 5.74) is 2.35. The summed E-state index contributed by atoms with van der Waals surface area (Å²) in [6.45, 7) is 4.29. The molecule has 29 heavy (non-hydrogen) atoms. The van der Waals surface area contributed by atoms with E-state index in [-0.39, 0.29) is 13.2 Å². The van der Waals surface area contributed by atoms with Crippen molar-refractivity contribution in [1.82, 2.24) is 4.98 Å². The van der Waals surface area contributed by atoms with E-state index in [4.69, 9.17) is 19.0 Å². The highest BCUT2D eigenvalue weighted by atomic mass is 16.5. The second-order valence-corrected chi connectivity index (χ2v) is 7.20. The molecule has 3 aromatic rings. The molecule has 2 N–H and O–H groups in total. The minimum Gasteiger partial charge on any atom is -0.497 e. The van der Waals surface area contributed by atoms with E-state index in [2.05, 4.69) is 4.98 Å². The molecular formula is C23H27NO5. The number of hydrogen-bond acceptors (Lipinski definition) is 6. The van der Waals surface area contributed by atoms with Crippen LogP contribution in [0.4, 0.5) is 0 Å². The number of nitrogens with zero attached hydrogens (tertiary/aromatic N) is 1. The van der Waals surface area contributed by atoms with Crippen LogP contribution in [0.25, 0.3) is 22.6 Å². The number of aromatic nitrogens is 1. The molecule has 1 aromatic heterocycles. The van der Waals surface area contributed by atoms with E-state index < -0.39 is 6.10 Å². The van der Waals surface area contributed by atoms with Gasteiger partial charge in [-0.2, -0.15) is 0 Å². The Balaban J connectivity index is 1.99. The summed E-state index contributed by atoms with van der Waals surface area (Å²) in [4.78, 5) is 4.62. The van der Waals surface area contributed by atoms with Crippen molar-refractivity contribution in [3.8, 4) is 34.1 Å². The van der Waals surface area contributed by atoms with Gasteiger partial charge in [-0.1, -0.05) is 13.8 Å². The fourth-order valence-corrected chi connectivity index (χ4v) is 3.03. The maximum Gasteiger partial charge on any atom is 0.224 e. The average molecular weight is 397 g/mol. The number of hydrogen-bond donors (Lipinski definition) is 2. The van der Waals surface area contributed by atoms with Crippen molar-refractivity contribution in [3.63, 3.8) is 0 Å². The lowest BCUT2D eigenvalue weighted by Crippen LogP contribution is -2.02. The third-order valence-corrected chi connectivity index (χ3v) is 4.46. The molecule has 3 rings (SSSR count). The van der Waals surface area contributed by atoms with E-state index >= 15 is 0 Å². The Labute approximate surface area is 170 Å². The summed E-state index contributed by atoms with van der Waals surface area (Å²) in [6.07, 6.45) is -0.205. The van der Waals surface area contributed by atoms with Gasteiger partial charge >= 0.3 is 0 Å². The fourth-order valence-electron chi connectivity index (χ4n) is 3.03. The highest BCUT2D eigenvalue weighted by molar-refractivity contribution is 5.77. The molecule has 0 fully saturated rings. The number of ether oxygens (including phenoxy) is 2. The summed E-state index contributed by atoms with van der Waals surface area (Å²) in [5, 5.41) is 19.4. The number of rotatable bonds is 9.